The Morgan fingerprint density at radius 2 is 1.94 bits per heavy atom. The van der Waals surface area contributed by atoms with Crippen molar-refractivity contribution >= 4 is 0 Å². The first-order valence-electron chi connectivity index (χ1n) is 6.95. The summed E-state index contributed by atoms with van der Waals surface area (Å²) in [6.45, 7) is 11.0. The minimum atomic E-state index is 1.02. The van der Waals surface area contributed by atoms with Gasteiger partial charge in [0, 0.05) is 39.4 Å². The molecule has 0 amide bonds. The third kappa shape index (κ3) is 4.09. The van der Waals surface area contributed by atoms with E-state index >= 15 is 0 Å². The molecule has 0 aromatic heterocycles. The van der Waals surface area contributed by atoms with Crippen LogP contribution < -0.4 is 10.6 Å². The van der Waals surface area contributed by atoms with Crippen LogP contribution >= 0.6 is 0 Å². The topological polar surface area (TPSA) is 27.3 Å². The zero-order valence-corrected chi connectivity index (χ0v) is 11.6. The first-order chi connectivity index (χ1) is 8.75. The Kier molecular flexibility index (Phi) is 5.17. The van der Waals surface area contributed by atoms with Gasteiger partial charge in [-0.2, -0.15) is 0 Å². The summed E-state index contributed by atoms with van der Waals surface area (Å²) in [5.41, 5.74) is 4.22. The Bertz CT molecular complexity index is 370. The van der Waals surface area contributed by atoms with Gasteiger partial charge in [-0.05, 0) is 37.0 Å². The maximum atomic E-state index is 3.54. The van der Waals surface area contributed by atoms with Gasteiger partial charge >= 0.3 is 0 Å². The van der Waals surface area contributed by atoms with Gasteiger partial charge in [0.2, 0.25) is 0 Å². The molecule has 0 aliphatic carbocycles. The van der Waals surface area contributed by atoms with Crippen molar-refractivity contribution in [1.82, 2.24) is 15.5 Å². The molecule has 0 radical (unpaired) electrons. The van der Waals surface area contributed by atoms with Crippen molar-refractivity contribution in [1.29, 1.82) is 0 Å². The monoisotopic (exact) mass is 247 g/mol. The number of hydrogen-bond acceptors (Lipinski definition) is 3. The van der Waals surface area contributed by atoms with E-state index in [1.807, 2.05) is 0 Å². The summed E-state index contributed by atoms with van der Waals surface area (Å²) in [5, 5.41) is 6.91. The Morgan fingerprint density at radius 3 is 2.67 bits per heavy atom. The fourth-order valence-electron chi connectivity index (χ4n) is 2.30. The van der Waals surface area contributed by atoms with E-state index in [-0.39, 0.29) is 0 Å². The Labute approximate surface area is 111 Å². The van der Waals surface area contributed by atoms with E-state index in [9.17, 15) is 0 Å². The van der Waals surface area contributed by atoms with Gasteiger partial charge in [0.25, 0.3) is 0 Å². The average Bonchev–Trinajstić information content (AvgIpc) is 2.40. The van der Waals surface area contributed by atoms with E-state index < -0.39 is 0 Å². The number of nitrogens with one attached hydrogen (secondary N) is 2. The summed E-state index contributed by atoms with van der Waals surface area (Å²) in [4.78, 5) is 2.47. The lowest BCUT2D eigenvalue weighted by Gasteiger charge is -2.27. The van der Waals surface area contributed by atoms with Crippen LogP contribution in [0, 0.1) is 13.8 Å². The summed E-state index contributed by atoms with van der Waals surface area (Å²) in [7, 11) is 0. The predicted octanol–water partition coefficient (Wildman–Crippen LogP) is 1.30. The lowest BCUT2D eigenvalue weighted by molar-refractivity contribution is 0.224. The van der Waals surface area contributed by atoms with Gasteiger partial charge in [0.15, 0.2) is 0 Å². The molecule has 0 atom stereocenters. The Morgan fingerprint density at radius 1 is 1.17 bits per heavy atom. The van der Waals surface area contributed by atoms with E-state index in [1.165, 1.54) is 16.7 Å². The Balaban J connectivity index is 1.66. The summed E-state index contributed by atoms with van der Waals surface area (Å²) in [6, 6.07) is 6.78. The SMILES string of the molecule is Cc1ccc(CCNCN2CCNCC2)cc1C. The molecule has 0 spiro atoms. The molecular formula is C15H25N3. The van der Waals surface area contributed by atoms with Crippen LogP contribution in [0.25, 0.3) is 0 Å². The van der Waals surface area contributed by atoms with Crippen molar-refractivity contribution in [2.75, 3.05) is 39.4 Å². The second-order valence-corrected chi connectivity index (χ2v) is 5.19. The van der Waals surface area contributed by atoms with Crippen LogP contribution in [0.3, 0.4) is 0 Å². The molecular weight excluding hydrogens is 222 g/mol. The van der Waals surface area contributed by atoms with Crippen molar-refractivity contribution < 1.29 is 0 Å². The molecule has 1 aromatic carbocycles. The highest BCUT2D eigenvalue weighted by Crippen LogP contribution is 2.09. The van der Waals surface area contributed by atoms with Gasteiger partial charge in [-0.15, -0.1) is 0 Å². The number of hydrogen-bond donors (Lipinski definition) is 2. The number of rotatable bonds is 5. The van der Waals surface area contributed by atoms with Gasteiger partial charge < -0.3 is 10.6 Å². The number of piperazine rings is 1. The Hall–Kier alpha value is -0.900. The van der Waals surface area contributed by atoms with Crippen LogP contribution in [0.5, 0.6) is 0 Å². The van der Waals surface area contributed by atoms with E-state index in [0.29, 0.717) is 0 Å². The highest BCUT2D eigenvalue weighted by Gasteiger charge is 2.07. The van der Waals surface area contributed by atoms with Crippen LogP contribution in [-0.2, 0) is 6.42 Å². The van der Waals surface area contributed by atoms with Gasteiger partial charge in [-0.25, -0.2) is 0 Å². The third-order valence-corrected chi connectivity index (χ3v) is 3.71. The van der Waals surface area contributed by atoms with Gasteiger partial charge in [-0.3, -0.25) is 4.90 Å². The molecule has 1 aliphatic heterocycles. The van der Waals surface area contributed by atoms with E-state index in [2.05, 4.69) is 47.6 Å². The fourth-order valence-corrected chi connectivity index (χ4v) is 2.30. The number of nitrogens with zero attached hydrogens (tertiary/aromatic N) is 1. The largest absolute Gasteiger partial charge is 0.314 e. The summed E-state index contributed by atoms with van der Waals surface area (Å²) in [5.74, 6) is 0. The molecule has 3 nitrogen and oxygen atoms in total. The van der Waals surface area contributed by atoms with Crippen LogP contribution in [0.1, 0.15) is 16.7 Å². The van der Waals surface area contributed by atoms with Gasteiger partial charge in [-0.1, -0.05) is 18.2 Å². The fraction of sp³-hybridized carbons (Fsp3) is 0.600. The molecule has 2 N–H and O–H groups in total. The molecule has 1 aromatic rings. The van der Waals surface area contributed by atoms with Crippen molar-refractivity contribution in [2.24, 2.45) is 0 Å². The van der Waals surface area contributed by atoms with Crippen molar-refractivity contribution in [2.45, 2.75) is 20.3 Å². The number of aryl methyl sites for hydroxylation is 2. The lowest BCUT2D eigenvalue weighted by atomic mass is 10.0. The third-order valence-electron chi connectivity index (χ3n) is 3.71. The standard InChI is InChI=1S/C15H25N3/c1-13-3-4-15(11-14(13)2)5-6-17-12-18-9-7-16-8-10-18/h3-4,11,16-17H,5-10,12H2,1-2H3. The second-order valence-electron chi connectivity index (χ2n) is 5.19. The van der Waals surface area contributed by atoms with Crippen molar-refractivity contribution in [3.8, 4) is 0 Å². The molecule has 1 aliphatic rings. The van der Waals surface area contributed by atoms with Gasteiger partial charge in [0.05, 0.1) is 0 Å². The molecule has 0 unspecified atom stereocenters. The molecule has 18 heavy (non-hydrogen) atoms. The average molecular weight is 247 g/mol. The van der Waals surface area contributed by atoms with Crippen LogP contribution in [0.4, 0.5) is 0 Å². The number of benzene rings is 1. The minimum Gasteiger partial charge on any atom is -0.314 e. The van der Waals surface area contributed by atoms with Crippen LogP contribution in [0.2, 0.25) is 0 Å². The van der Waals surface area contributed by atoms with Gasteiger partial charge in [0.1, 0.15) is 0 Å². The maximum Gasteiger partial charge on any atom is 0.0481 e. The lowest BCUT2D eigenvalue weighted by Crippen LogP contribution is -2.47. The van der Waals surface area contributed by atoms with Crippen molar-refractivity contribution in [3.05, 3.63) is 34.9 Å². The van der Waals surface area contributed by atoms with E-state index in [1.54, 1.807) is 0 Å². The van der Waals surface area contributed by atoms with Crippen molar-refractivity contribution in [3.63, 3.8) is 0 Å². The molecule has 1 saturated heterocycles. The molecule has 1 fully saturated rings. The highest BCUT2D eigenvalue weighted by atomic mass is 15.2. The molecule has 3 heteroatoms. The van der Waals surface area contributed by atoms with E-state index in [4.69, 9.17) is 0 Å². The second kappa shape index (κ2) is 6.88. The zero-order chi connectivity index (χ0) is 12.8. The molecule has 100 valence electrons. The molecule has 0 saturated carbocycles. The predicted molar refractivity (Wildman–Crippen MR) is 76.9 cm³/mol. The van der Waals surface area contributed by atoms with E-state index in [0.717, 1.165) is 45.8 Å². The van der Waals surface area contributed by atoms with Crippen LogP contribution in [-0.4, -0.2) is 44.3 Å². The summed E-state index contributed by atoms with van der Waals surface area (Å²) in [6.07, 6.45) is 1.12. The minimum absolute atomic E-state index is 1.02. The molecule has 2 rings (SSSR count). The molecule has 0 bridgehead atoms. The quantitative estimate of drug-likeness (QED) is 0.768. The normalized spacial score (nSPS) is 17.0. The first kappa shape index (κ1) is 13.5. The summed E-state index contributed by atoms with van der Waals surface area (Å²) >= 11 is 0. The zero-order valence-electron chi connectivity index (χ0n) is 11.6. The smallest absolute Gasteiger partial charge is 0.0481 e. The molecule has 1 heterocycles. The van der Waals surface area contributed by atoms with Crippen LogP contribution in [0.15, 0.2) is 18.2 Å². The first-order valence-corrected chi connectivity index (χ1v) is 6.95. The maximum absolute atomic E-state index is 3.54. The highest BCUT2D eigenvalue weighted by molar-refractivity contribution is 5.29. The summed E-state index contributed by atoms with van der Waals surface area (Å²) < 4.78 is 0.